The van der Waals surface area contributed by atoms with Crippen LogP contribution in [0.3, 0.4) is 0 Å². The first-order valence-corrected chi connectivity index (χ1v) is 6.59. The molecular weight excluding hydrogens is 279 g/mol. The van der Waals surface area contributed by atoms with Gasteiger partial charge >= 0.3 is 6.18 Å². The summed E-state index contributed by atoms with van der Waals surface area (Å²) in [5.41, 5.74) is 7.31. The van der Waals surface area contributed by atoms with Crippen molar-refractivity contribution in [1.82, 2.24) is 9.97 Å². The molecule has 0 saturated heterocycles. The summed E-state index contributed by atoms with van der Waals surface area (Å²) in [5, 5.41) is 0. The Balaban J connectivity index is 2.32. The molecule has 2 rings (SSSR count). The van der Waals surface area contributed by atoms with E-state index in [1.807, 2.05) is 13.8 Å². The molecule has 0 aliphatic heterocycles. The van der Waals surface area contributed by atoms with Crippen LogP contribution in [0, 0.1) is 6.92 Å². The van der Waals surface area contributed by atoms with Crippen molar-refractivity contribution in [1.29, 1.82) is 0 Å². The molecule has 1 heterocycles. The van der Waals surface area contributed by atoms with Crippen LogP contribution in [0.15, 0.2) is 24.3 Å². The highest BCUT2D eigenvalue weighted by Gasteiger charge is 2.30. The number of benzene rings is 1. The Kier molecular flexibility index (Phi) is 4.16. The summed E-state index contributed by atoms with van der Waals surface area (Å²) >= 11 is 0. The molecule has 21 heavy (non-hydrogen) atoms. The number of halogens is 3. The molecule has 0 amide bonds. The highest BCUT2D eigenvalue weighted by Crippen LogP contribution is 2.29. The Morgan fingerprint density at radius 3 is 2.52 bits per heavy atom. The fourth-order valence-corrected chi connectivity index (χ4v) is 2.10. The van der Waals surface area contributed by atoms with Gasteiger partial charge in [0.25, 0.3) is 0 Å². The molecule has 112 valence electrons. The lowest BCUT2D eigenvalue weighted by atomic mass is 10.1. The lowest BCUT2D eigenvalue weighted by molar-refractivity contribution is -0.137. The fraction of sp³-hybridized carbons (Fsp3) is 0.333. The molecule has 0 unspecified atom stereocenters. The largest absolute Gasteiger partial charge is 0.416 e. The van der Waals surface area contributed by atoms with E-state index in [2.05, 4.69) is 9.97 Å². The van der Waals surface area contributed by atoms with Crippen molar-refractivity contribution in [2.75, 3.05) is 5.73 Å². The van der Waals surface area contributed by atoms with Crippen molar-refractivity contribution >= 4 is 5.82 Å². The average Bonchev–Trinajstić information content (AvgIpc) is 2.42. The number of nitrogens with two attached hydrogens (primary N) is 1. The molecular formula is C15H16F3N3. The quantitative estimate of drug-likeness (QED) is 0.942. The van der Waals surface area contributed by atoms with Gasteiger partial charge in [-0.3, -0.25) is 0 Å². The summed E-state index contributed by atoms with van der Waals surface area (Å²) in [6, 6.07) is 5.17. The van der Waals surface area contributed by atoms with Gasteiger partial charge in [0, 0.05) is 17.7 Å². The molecule has 6 heteroatoms. The average molecular weight is 295 g/mol. The Hall–Kier alpha value is -2.11. The molecule has 0 aliphatic rings. The molecule has 0 spiro atoms. The summed E-state index contributed by atoms with van der Waals surface area (Å²) < 4.78 is 38.1. The molecule has 0 saturated carbocycles. The van der Waals surface area contributed by atoms with E-state index >= 15 is 0 Å². The van der Waals surface area contributed by atoms with Crippen LogP contribution in [-0.2, 0) is 19.0 Å². The van der Waals surface area contributed by atoms with Gasteiger partial charge in [-0.1, -0.05) is 25.1 Å². The highest BCUT2D eigenvalue weighted by atomic mass is 19.4. The van der Waals surface area contributed by atoms with Crippen molar-refractivity contribution in [2.45, 2.75) is 32.9 Å². The predicted molar refractivity (Wildman–Crippen MR) is 74.8 cm³/mol. The molecule has 2 N–H and O–H groups in total. The number of rotatable bonds is 3. The van der Waals surface area contributed by atoms with Crippen LogP contribution in [0.25, 0.3) is 0 Å². The zero-order valence-corrected chi connectivity index (χ0v) is 11.8. The summed E-state index contributed by atoms with van der Waals surface area (Å²) in [7, 11) is 0. The van der Waals surface area contributed by atoms with Crippen molar-refractivity contribution in [3.63, 3.8) is 0 Å². The number of alkyl halides is 3. The first-order chi connectivity index (χ1) is 9.81. The van der Waals surface area contributed by atoms with Crippen molar-refractivity contribution < 1.29 is 13.2 Å². The second-order valence-electron chi connectivity index (χ2n) is 4.83. The van der Waals surface area contributed by atoms with E-state index in [0.29, 0.717) is 23.6 Å². The van der Waals surface area contributed by atoms with Gasteiger partial charge in [0.2, 0.25) is 0 Å². The summed E-state index contributed by atoms with van der Waals surface area (Å²) in [6.45, 7) is 3.78. The topological polar surface area (TPSA) is 51.8 Å². The zero-order chi connectivity index (χ0) is 15.6. The number of aryl methyl sites for hydroxylation is 1. The van der Waals surface area contributed by atoms with E-state index in [4.69, 9.17) is 5.73 Å². The standard InChI is InChI=1S/C15H16F3N3/c1-3-12-9(2)14(19)21-13(20-12)8-10-5-4-6-11(7-10)15(16,17)18/h4-7H,3,8H2,1-2H3,(H2,19,20,21). The number of anilines is 1. The minimum atomic E-state index is -4.35. The predicted octanol–water partition coefficient (Wildman–Crippen LogP) is 3.54. The Labute approximate surface area is 121 Å². The van der Waals surface area contributed by atoms with Crippen molar-refractivity contribution in [2.24, 2.45) is 0 Å². The molecule has 0 fully saturated rings. The van der Waals surface area contributed by atoms with E-state index in [9.17, 15) is 13.2 Å². The summed E-state index contributed by atoms with van der Waals surface area (Å²) in [5.74, 6) is 0.818. The molecule has 0 aliphatic carbocycles. The molecule has 3 nitrogen and oxygen atoms in total. The maximum absolute atomic E-state index is 12.7. The Bertz CT molecular complexity index is 651. The molecule has 2 aromatic rings. The van der Waals surface area contributed by atoms with Crippen molar-refractivity contribution in [3.05, 3.63) is 52.5 Å². The van der Waals surface area contributed by atoms with E-state index in [-0.39, 0.29) is 6.42 Å². The lowest BCUT2D eigenvalue weighted by Gasteiger charge is -2.10. The zero-order valence-electron chi connectivity index (χ0n) is 11.8. The second-order valence-corrected chi connectivity index (χ2v) is 4.83. The van der Waals surface area contributed by atoms with Gasteiger partial charge in [0.15, 0.2) is 0 Å². The normalized spacial score (nSPS) is 11.7. The fourth-order valence-electron chi connectivity index (χ4n) is 2.10. The van der Waals surface area contributed by atoms with Gasteiger partial charge in [-0.05, 0) is 25.0 Å². The second kappa shape index (κ2) is 5.71. The monoisotopic (exact) mass is 295 g/mol. The Morgan fingerprint density at radius 1 is 1.19 bits per heavy atom. The molecule has 1 aromatic heterocycles. The van der Waals surface area contributed by atoms with Crippen molar-refractivity contribution in [3.8, 4) is 0 Å². The number of hydrogen-bond donors (Lipinski definition) is 1. The van der Waals surface area contributed by atoms with Crippen LogP contribution in [-0.4, -0.2) is 9.97 Å². The van der Waals surface area contributed by atoms with Crippen LogP contribution < -0.4 is 5.73 Å². The lowest BCUT2D eigenvalue weighted by Crippen LogP contribution is -2.08. The third-order valence-corrected chi connectivity index (χ3v) is 3.28. The van der Waals surface area contributed by atoms with Gasteiger partial charge in [-0.15, -0.1) is 0 Å². The molecule has 0 atom stereocenters. The number of aromatic nitrogens is 2. The maximum Gasteiger partial charge on any atom is 0.416 e. The van der Waals surface area contributed by atoms with Crippen LogP contribution in [0.1, 0.15) is 35.1 Å². The van der Waals surface area contributed by atoms with Gasteiger partial charge in [0.05, 0.1) is 5.56 Å². The van der Waals surface area contributed by atoms with Gasteiger partial charge in [0.1, 0.15) is 11.6 Å². The molecule has 0 radical (unpaired) electrons. The number of nitrogens with zero attached hydrogens (tertiary/aromatic N) is 2. The molecule has 1 aromatic carbocycles. The third kappa shape index (κ3) is 3.51. The van der Waals surface area contributed by atoms with E-state index in [1.165, 1.54) is 6.07 Å². The minimum Gasteiger partial charge on any atom is -0.383 e. The summed E-state index contributed by atoms with van der Waals surface area (Å²) in [4.78, 5) is 8.52. The van der Waals surface area contributed by atoms with Crippen LogP contribution in [0.2, 0.25) is 0 Å². The third-order valence-electron chi connectivity index (χ3n) is 3.28. The highest BCUT2D eigenvalue weighted by molar-refractivity contribution is 5.41. The van der Waals surface area contributed by atoms with Gasteiger partial charge in [-0.2, -0.15) is 13.2 Å². The number of nitrogen functional groups attached to an aromatic ring is 1. The van der Waals surface area contributed by atoms with E-state index < -0.39 is 11.7 Å². The van der Waals surface area contributed by atoms with Gasteiger partial charge in [-0.25, -0.2) is 9.97 Å². The maximum atomic E-state index is 12.7. The molecule has 0 bridgehead atoms. The first-order valence-electron chi connectivity index (χ1n) is 6.59. The van der Waals surface area contributed by atoms with Crippen LogP contribution in [0.5, 0.6) is 0 Å². The SMILES string of the molecule is CCc1nc(Cc2cccc(C(F)(F)F)c2)nc(N)c1C. The first kappa shape index (κ1) is 15.3. The van der Waals surface area contributed by atoms with Crippen LogP contribution >= 0.6 is 0 Å². The summed E-state index contributed by atoms with van der Waals surface area (Å²) in [6.07, 6.45) is -3.42. The van der Waals surface area contributed by atoms with Crippen LogP contribution in [0.4, 0.5) is 19.0 Å². The Morgan fingerprint density at radius 2 is 1.90 bits per heavy atom. The van der Waals surface area contributed by atoms with E-state index in [1.54, 1.807) is 6.07 Å². The van der Waals surface area contributed by atoms with E-state index in [0.717, 1.165) is 23.4 Å². The smallest absolute Gasteiger partial charge is 0.383 e. The van der Waals surface area contributed by atoms with Gasteiger partial charge < -0.3 is 5.73 Å². The minimum absolute atomic E-state index is 0.224. The number of hydrogen-bond acceptors (Lipinski definition) is 3.